The van der Waals surface area contributed by atoms with Crippen LogP contribution in [0, 0.1) is 5.82 Å². The van der Waals surface area contributed by atoms with E-state index in [4.69, 9.17) is 21.4 Å². The predicted octanol–water partition coefficient (Wildman–Crippen LogP) is 1.70. The van der Waals surface area contributed by atoms with Crippen LogP contribution in [0.5, 0.6) is 0 Å². The van der Waals surface area contributed by atoms with E-state index in [1.165, 1.54) is 12.1 Å². The third-order valence-electron chi connectivity index (χ3n) is 1.93. The molecular formula is C11H12ClFN2O4. The van der Waals surface area contributed by atoms with Gasteiger partial charge in [-0.3, -0.25) is 0 Å². The second kappa shape index (κ2) is 7.55. The molecule has 0 aliphatic rings. The monoisotopic (exact) mass is 290 g/mol. The lowest BCUT2D eigenvalue weighted by molar-refractivity contribution is -0.142. The number of nitrogens with one attached hydrogen (secondary N) is 2. The zero-order chi connectivity index (χ0) is 14.3. The topological polar surface area (TPSA) is 87.7 Å². The molecule has 19 heavy (non-hydrogen) atoms. The van der Waals surface area contributed by atoms with Gasteiger partial charge in [0, 0.05) is 6.54 Å². The minimum atomic E-state index is -1.09. The molecule has 0 atom stereocenters. The summed E-state index contributed by atoms with van der Waals surface area (Å²) in [6.45, 7) is -0.262. The maximum atomic E-state index is 12.9. The standard InChI is InChI=1S/C11H12ClFN2O4/c12-8-2-1-7(13)5-9(8)15-11(18)14-3-4-19-6-10(16)17/h1-2,5H,3-4,6H2,(H,16,17)(H2,14,15,18). The van der Waals surface area contributed by atoms with Crippen molar-refractivity contribution in [1.29, 1.82) is 0 Å². The van der Waals surface area contributed by atoms with Crippen molar-refractivity contribution >= 4 is 29.3 Å². The fraction of sp³-hybridized carbons (Fsp3) is 0.273. The van der Waals surface area contributed by atoms with Crippen molar-refractivity contribution in [3.63, 3.8) is 0 Å². The molecule has 0 unspecified atom stereocenters. The molecule has 0 radical (unpaired) electrons. The van der Waals surface area contributed by atoms with Crippen molar-refractivity contribution in [2.45, 2.75) is 0 Å². The Balaban J connectivity index is 2.31. The highest BCUT2D eigenvalue weighted by molar-refractivity contribution is 6.33. The number of urea groups is 1. The smallest absolute Gasteiger partial charge is 0.329 e. The van der Waals surface area contributed by atoms with Crippen LogP contribution in [0.15, 0.2) is 18.2 Å². The van der Waals surface area contributed by atoms with Crippen molar-refractivity contribution in [2.75, 3.05) is 25.1 Å². The SMILES string of the molecule is O=C(O)COCCNC(=O)Nc1cc(F)ccc1Cl. The van der Waals surface area contributed by atoms with Gasteiger partial charge in [-0.05, 0) is 18.2 Å². The van der Waals surface area contributed by atoms with E-state index in [1.807, 2.05) is 0 Å². The van der Waals surface area contributed by atoms with Crippen LogP contribution in [-0.4, -0.2) is 36.9 Å². The number of anilines is 1. The van der Waals surface area contributed by atoms with Crippen molar-refractivity contribution < 1.29 is 23.8 Å². The first-order chi connectivity index (χ1) is 8.99. The van der Waals surface area contributed by atoms with E-state index in [1.54, 1.807) is 0 Å². The average Bonchev–Trinajstić information content (AvgIpc) is 2.33. The highest BCUT2D eigenvalue weighted by Crippen LogP contribution is 2.21. The first-order valence-corrected chi connectivity index (χ1v) is 5.66. The van der Waals surface area contributed by atoms with Gasteiger partial charge in [0.05, 0.1) is 17.3 Å². The minimum absolute atomic E-state index is 0.0522. The van der Waals surface area contributed by atoms with Gasteiger partial charge in [0.15, 0.2) is 0 Å². The van der Waals surface area contributed by atoms with E-state index in [9.17, 15) is 14.0 Å². The van der Waals surface area contributed by atoms with Crippen molar-refractivity contribution in [1.82, 2.24) is 5.32 Å². The number of carbonyl (C=O) groups excluding carboxylic acids is 1. The van der Waals surface area contributed by atoms with Crippen LogP contribution in [0.4, 0.5) is 14.9 Å². The summed E-state index contributed by atoms with van der Waals surface area (Å²) >= 11 is 5.76. The lowest BCUT2D eigenvalue weighted by Crippen LogP contribution is -2.32. The molecule has 6 nitrogen and oxygen atoms in total. The van der Waals surface area contributed by atoms with Gasteiger partial charge in [-0.1, -0.05) is 11.6 Å². The number of halogens is 2. The number of benzene rings is 1. The second-order valence-corrected chi connectivity index (χ2v) is 3.86. The maximum absolute atomic E-state index is 12.9. The summed E-state index contributed by atoms with van der Waals surface area (Å²) in [4.78, 5) is 21.5. The Bertz CT molecular complexity index is 470. The number of hydrogen-bond donors (Lipinski definition) is 3. The molecule has 0 aliphatic heterocycles. The molecule has 0 saturated heterocycles. The van der Waals surface area contributed by atoms with Crippen LogP contribution in [0.3, 0.4) is 0 Å². The van der Waals surface area contributed by atoms with E-state index in [0.717, 1.165) is 6.07 Å². The molecule has 0 aromatic heterocycles. The molecule has 1 aromatic carbocycles. The maximum Gasteiger partial charge on any atom is 0.329 e. The van der Waals surface area contributed by atoms with E-state index in [0.29, 0.717) is 0 Å². The van der Waals surface area contributed by atoms with Gasteiger partial charge in [0.2, 0.25) is 0 Å². The molecule has 0 spiro atoms. The molecule has 104 valence electrons. The molecule has 0 saturated carbocycles. The van der Waals surface area contributed by atoms with E-state index in [-0.39, 0.29) is 23.9 Å². The van der Waals surface area contributed by atoms with Crippen LogP contribution >= 0.6 is 11.6 Å². The summed E-state index contributed by atoms with van der Waals surface area (Å²) in [6, 6.07) is 2.99. The zero-order valence-electron chi connectivity index (χ0n) is 9.78. The Hall–Kier alpha value is -1.86. The number of carbonyl (C=O) groups is 2. The quantitative estimate of drug-likeness (QED) is 0.696. The highest BCUT2D eigenvalue weighted by atomic mass is 35.5. The third-order valence-corrected chi connectivity index (χ3v) is 2.26. The van der Waals surface area contributed by atoms with Crippen molar-refractivity contribution in [2.24, 2.45) is 0 Å². The summed E-state index contributed by atoms with van der Waals surface area (Å²) in [7, 11) is 0. The number of aliphatic carboxylic acids is 1. The van der Waals surface area contributed by atoms with Crippen LogP contribution in [0.2, 0.25) is 5.02 Å². The van der Waals surface area contributed by atoms with E-state index >= 15 is 0 Å². The van der Waals surface area contributed by atoms with Crippen LogP contribution in [-0.2, 0) is 9.53 Å². The summed E-state index contributed by atoms with van der Waals surface area (Å²) < 4.78 is 17.6. The largest absolute Gasteiger partial charge is 0.480 e. The number of amides is 2. The number of hydrogen-bond acceptors (Lipinski definition) is 3. The lowest BCUT2D eigenvalue weighted by atomic mass is 10.3. The molecule has 1 rings (SSSR count). The van der Waals surface area contributed by atoms with Gasteiger partial charge >= 0.3 is 12.0 Å². The summed E-state index contributed by atoms with van der Waals surface area (Å²) in [5, 5.41) is 13.3. The fourth-order valence-corrected chi connectivity index (χ4v) is 1.32. The lowest BCUT2D eigenvalue weighted by Gasteiger charge is -2.09. The number of carboxylic acids is 1. The number of rotatable bonds is 6. The Morgan fingerprint density at radius 3 is 2.84 bits per heavy atom. The normalized spacial score (nSPS) is 10.0. The highest BCUT2D eigenvalue weighted by Gasteiger charge is 2.06. The molecule has 2 amide bonds. The average molecular weight is 291 g/mol. The Kier molecular flexibility index (Phi) is 6.04. The second-order valence-electron chi connectivity index (χ2n) is 3.45. The van der Waals surface area contributed by atoms with E-state index < -0.39 is 24.4 Å². The van der Waals surface area contributed by atoms with Crippen molar-refractivity contribution in [3.8, 4) is 0 Å². The molecular weight excluding hydrogens is 279 g/mol. The summed E-state index contributed by atoms with van der Waals surface area (Å²) in [6.07, 6.45) is 0. The molecule has 1 aromatic rings. The first kappa shape index (κ1) is 15.2. The fourth-order valence-electron chi connectivity index (χ4n) is 1.16. The summed E-state index contributed by atoms with van der Waals surface area (Å²) in [5.41, 5.74) is 0.144. The van der Waals surface area contributed by atoms with Crippen LogP contribution < -0.4 is 10.6 Å². The Morgan fingerprint density at radius 1 is 1.42 bits per heavy atom. The summed E-state index contributed by atoms with van der Waals surface area (Å²) in [5.74, 6) is -1.61. The van der Waals surface area contributed by atoms with Crippen LogP contribution in [0.1, 0.15) is 0 Å². The third kappa shape index (κ3) is 6.03. The Morgan fingerprint density at radius 2 is 2.16 bits per heavy atom. The van der Waals surface area contributed by atoms with Gasteiger partial charge in [0.25, 0.3) is 0 Å². The Labute approximate surface area is 113 Å². The van der Waals surface area contributed by atoms with E-state index in [2.05, 4.69) is 10.6 Å². The van der Waals surface area contributed by atoms with Gasteiger partial charge in [0.1, 0.15) is 12.4 Å². The van der Waals surface area contributed by atoms with Gasteiger partial charge < -0.3 is 20.5 Å². The van der Waals surface area contributed by atoms with Crippen molar-refractivity contribution in [3.05, 3.63) is 29.0 Å². The first-order valence-electron chi connectivity index (χ1n) is 5.28. The van der Waals surface area contributed by atoms with Crippen LogP contribution in [0.25, 0.3) is 0 Å². The predicted molar refractivity (Wildman–Crippen MR) is 66.9 cm³/mol. The molecule has 3 N–H and O–H groups in total. The van der Waals surface area contributed by atoms with Gasteiger partial charge in [-0.25, -0.2) is 14.0 Å². The van der Waals surface area contributed by atoms with Gasteiger partial charge in [-0.2, -0.15) is 0 Å². The van der Waals surface area contributed by atoms with Gasteiger partial charge in [-0.15, -0.1) is 0 Å². The zero-order valence-corrected chi connectivity index (χ0v) is 10.5. The number of ether oxygens (including phenoxy) is 1. The molecule has 0 aliphatic carbocycles. The molecule has 0 bridgehead atoms. The molecule has 8 heteroatoms. The minimum Gasteiger partial charge on any atom is -0.480 e. The molecule has 0 fully saturated rings. The number of carboxylic acid groups (broad SMARTS) is 1. The molecule has 0 heterocycles.